The van der Waals surface area contributed by atoms with Crippen molar-refractivity contribution in [3.05, 3.63) is 28.5 Å². The summed E-state index contributed by atoms with van der Waals surface area (Å²) < 4.78 is 0.678. The topological polar surface area (TPSA) is 62.3 Å². The van der Waals surface area contributed by atoms with Gasteiger partial charge in [0, 0.05) is 33.3 Å². The maximum absolute atomic E-state index is 11.6. The highest BCUT2D eigenvalue weighted by atomic mass is 79.9. The highest BCUT2D eigenvalue weighted by Gasteiger charge is 2.07. The molecule has 17 heavy (non-hydrogen) atoms. The van der Waals surface area contributed by atoms with E-state index in [1.807, 2.05) is 0 Å². The number of nitrogens with one attached hydrogen (secondary N) is 1. The van der Waals surface area contributed by atoms with Crippen molar-refractivity contribution in [2.45, 2.75) is 6.42 Å². The van der Waals surface area contributed by atoms with Crippen molar-refractivity contribution in [2.24, 2.45) is 0 Å². The van der Waals surface area contributed by atoms with Gasteiger partial charge in [0.25, 0.3) is 5.91 Å². The maximum atomic E-state index is 11.6. The number of nitrogens with zero attached hydrogens (tertiary/aromatic N) is 2. The van der Waals surface area contributed by atoms with Crippen molar-refractivity contribution in [1.82, 2.24) is 15.2 Å². The Morgan fingerprint density at radius 3 is 2.65 bits per heavy atom. The van der Waals surface area contributed by atoms with Crippen molar-refractivity contribution in [1.29, 1.82) is 0 Å². The summed E-state index contributed by atoms with van der Waals surface area (Å²) in [4.78, 5) is 28.3. The summed E-state index contributed by atoms with van der Waals surface area (Å²) in [5.74, 6) is -0.240. The zero-order chi connectivity index (χ0) is 12.8. The van der Waals surface area contributed by atoms with Crippen molar-refractivity contribution in [2.75, 3.05) is 20.6 Å². The SMILES string of the molecule is CN(C)C(=O)CCNC(=O)c1ccc(Br)nc1. The van der Waals surface area contributed by atoms with Crippen LogP contribution >= 0.6 is 15.9 Å². The molecule has 2 amide bonds. The Balaban J connectivity index is 2.40. The molecule has 6 heteroatoms. The molecule has 0 saturated carbocycles. The van der Waals surface area contributed by atoms with Crippen molar-refractivity contribution < 1.29 is 9.59 Å². The fraction of sp³-hybridized carbons (Fsp3) is 0.364. The van der Waals surface area contributed by atoms with Crippen LogP contribution in [0.5, 0.6) is 0 Å². The summed E-state index contributed by atoms with van der Waals surface area (Å²) >= 11 is 3.19. The molecule has 0 aromatic carbocycles. The zero-order valence-corrected chi connectivity index (χ0v) is 11.3. The third kappa shape index (κ3) is 4.52. The van der Waals surface area contributed by atoms with Crippen LogP contribution < -0.4 is 5.32 Å². The molecular formula is C11H14BrN3O2. The lowest BCUT2D eigenvalue weighted by Gasteiger charge is -2.10. The molecule has 1 aromatic rings. The lowest BCUT2D eigenvalue weighted by molar-refractivity contribution is -0.128. The van der Waals surface area contributed by atoms with Gasteiger partial charge in [-0.2, -0.15) is 0 Å². The van der Waals surface area contributed by atoms with Gasteiger partial charge in [-0.1, -0.05) is 0 Å². The number of carbonyl (C=O) groups is 2. The predicted molar refractivity (Wildman–Crippen MR) is 67.6 cm³/mol. The number of hydrogen-bond acceptors (Lipinski definition) is 3. The quantitative estimate of drug-likeness (QED) is 0.846. The molecule has 0 aliphatic heterocycles. The molecule has 0 aliphatic rings. The third-order valence-electron chi connectivity index (χ3n) is 2.11. The van der Waals surface area contributed by atoms with E-state index >= 15 is 0 Å². The summed E-state index contributed by atoms with van der Waals surface area (Å²) in [5.41, 5.74) is 0.477. The van der Waals surface area contributed by atoms with E-state index < -0.39 is 0 Å². The summed E-state index contributed by atoms with van der Waals surface area (Å²) in [5, 5.41) is 2.66. The van der Waals surface area contributed by atoms with Gasteiger partial charge >= 0.3 is 0 Å². The molecule has 5 nitrogen and oxygen atoms in total. The van der Waals surface area contributed by atoms with Crippen LogP contribution in [-0.4, -0.2) is 42.3 Å². The molecule has 1 rings (SSSR count). The molecule has 1 heterocycles. The average molecular weight is 300 g/mol. The molecule has 1 N–H and O–H groups in total. The van der Waals surface area contributed by atoms with Crippen LogP contribution in [-0.2, 0) is 4.79 Å². The van der Waals surface area contributed by atoms with Crippen LogP contribution in [0.3, 0.4) is 0 Å². The van der Waals surface area contributed by atoms with Gasteiger partial charge in [-0.05, 0) is 28.1 Å². The summed E-state index contributed by atoms with van der Waals surface area (Å²) in [6.07, 6.45) is 1.77. The molecule has 0 aliphatic carbocycles. The highest BCUT2D eigenvalue weighted by Crippen LogP contribution is 2.05. The normalized spacial score (nSPS) is 9.82. The van der Waals surface area contributed by atoms with E-state index in [0.717, 1.165) is 0 Å². The van der Waals surface area contributed by atoms with Gasteiger partial charge in [0.15, 0.2) is 0 Å². The van der Waals surface area contributed by atoms with Gasteiger partial charge in [-0.25, -0.2) is 4.98 Å². The number of rotatable bonds is 4. The monoisotopic (exact) mass is 299 g/mol. The Bertz CT molecular complexity index is 404. The van der Waals surface area contributed by atoms with Gasteiger partial charge in [-0.3, -0.25) is 9.59 Å². The Kier molecular flexibility index (Phi) is 5.09. The van der Waals surface area contributed by atoms with Crippen LogP contribution in [0.15, 0.2) is 22.9 Å². The molecule has 92 valence electrons. The van der Waals surface area contributed by atoms with E-state index in [0.29, 0.717) is 23.1 Å². The minimum atomic E-state index is -0.225. The third-order valence-corrected chi connectivity index (χ3v) is 2.58. The molecule has 0 radical (unpaired) electrons. The Morgan fingerprint density at radius 1 is 1.41 bits per heavy atom. The minimum Gasteiger partial charge on any atom is -0.351 e. The van der Waals surface area contributed by atoms with E-state index in [1.165, 1.54) is 11.1 Å². The minimum absolute atomic E-state index is 0.0146. The average Bonchev–Trinajstić information content (AvgIpc) is 2.29. The van der Waals surface area contributed by atoms with Crippen LogP contribution in [0, 0.1) is 0 Å². The molecule has 0 unspecified atom stereocenters. The lowest BCUT2D eigenvalue weighted by Crippen LogP contribution is -2.30. The first-order chi connectivity index (χ1) is 8.00. The van der Waals surface area contributed by atoms with Gasteiger partial charge < -0.3 is 10.2 Å². The Morgan fingerprint density at radius 2 is 2.12 bits per heavy atom. The Labute approximate surface area is 108 Å². The summed E-state index contributed by atoms with van der Waals surface area (Å²) in [6.45, 7) is 0.325. The van der Waals surface area contributed by atoms with Crippen molar-refractivity contribution >= 4 is 27.7 Å². The predicted octanol–water partition coefficient (Wildman–Crippen LogP) is 1.05. The molecule has 0 bridgehead atoms. The van der Waals surface area contributed by atoms with Crippen molar-refractivity contribution in [3.8, 4) is 0 Å². The number of hydrogen-bond donors (Lipinski definition) is 1. The molecule has 0 fully saturated rings. The standard InChI is InChI=1S/C11H14BrN3O2/c1-15(2)10(16)5-6-13-11(17)8-3-4-9(12)14-7-8/h3-4,7H,5-6H2,1-2H3,(H,13,17). The van der Waals surface area contributed by atoms with Gasteiger partial charge in [0.1, 0.15) is 4.60 Å². The number of carbonyl (C=O) groups excluding carboxylic acids is 2. The summed E-state index contributed by atoms with van der Waals surface area (Å²) in [6, 6.07) is 3.36. The summed E-state index contributed by atoms with van der Waals surface area (Å²) in [7, 11) is 3.37. The molecule has 0 atom stereocenters. The Hall–Kier alpha value is -1.43. The molecule has 1 aromatic heterocycles. The molecule has 0 spiro atoms. The second-order valence-electron chi connectivity index (χ2n) is 3.66. The number of aromatic nitrogens is 1. The fourth-order valence-corrected chi connectivity index (χ4v) is 1.35. The number of pyridine rings is 1. The number of halogens is 1. The van der Waals surface area contributed by atoms with Crippen LogP contribution in [0.25, 0.3) is 0 Å². The smallest absolute Gasteiger partial charge is 0.252 e. The van der Waals surface area contributed by atoms with Gasteiger partial charge in [-0.15, -0.1) is 0 Å². The first-order valence-corrected chi connectivity index (χ1v) is 5.90. The highest BCUT2D eigenvalue weighted by molar-refractivity contribution is 9.10. The second kappa shape index (κ2) is 6.34. The molecule has 0 saturated heterocycles. The first-order valence-electron chi connectivity index (χ1n) is 5.10. The molecular weight excluding hydrogens is 286 g/mol. The number of amides is 2. The van der Waals surface area contributed by atoms with Crippen molar-refractivity contribution in [3.63, 3.8) is 0 Å². The van der Waals surface area contributed by atoms with E-state index in [4.69, 9.17) is 0 Å². The lowest BCUT2D eigenvalue weighted by atomic mass is 10.2. The van der Waals surface area contributed by atoms with Gasteiger partial charge in [0.2, 0.25) is 5.91 Å². The second-order valence-corrected chi connectivity index (χ2v) is 4.48. The van der Waals surface area contributed by atoms with E-state index in [9.17, 15) is 9.59 Å². The van der Waals surface area contributed by atoms with E-state index in [2.05, 4.69) is 26.2 Å². The first kappa shape index (κ1) is 13.6. The van der Waals surface area contributed by atoms with Crippen LogP contribution in [0.2, 0.25) is 0 Å². The van der Waals surface area contributed by atoms with Crippen LogP contribution in [0.1, 0.15) is 16.8 Å². The van der Waals surface area contributed by atoms with E-state index in [-0.39, 0.29) is 11.8 Å². The largest absolute Gasteiger partial charge is 0.351 e. The fourth-order valence-electron chi connectivity index (χ4n) is 1.12. The van der Waals surface area contributed by atoms with E-state index in [1.54, 1.807) is 26.2 Å². The zero-order valence-electron chi connectivity index (χ0n) is 9.74. The maximum Gasteiger partial charge on any atom is 0.252 e. The van der Waals surface area contributed by atoms with Crippen LogP contribution in [0.4, 0.5) is 0 Å². The van der Waals surface area contributed by atoms with Gasteiger partial charge in [0.05, 0.1) is 5.56 Å².